The van der Waals surface area contributed by atoms with Gasteiger partial charge in [0.25, 0.3) is 0 Å². The summed E-state index contributed by atoms with van der Waals surface area (Å²) in [5.41, 5.74) is 3.83. The van der Waals surface area contributed by atoms with Gasteiger partial charge in [0, 0.05) is 30.9 Å². The van der Waals surface area contributed by atoms with Gasteiger partial charge in [-0.25, -0.2) is 0 Å². The zero-order valence-electron chi connectivity index (χ0n) is 19.6. The monoisotopic (exact) mass is 466 g/mol. The van der Waals surface area contributed by atoms with Gasteiger partial charge in [-0.2, -0.15) is 0 Å². The smallest absolute Gasteiger partial charge is 0.161 e. The maximum Gasteiger partial charge on any atom is 0.161 e. The summed E-state index contributed by atoms with van der Waals surface area (Å²) in [4.78, 5) is 14.0. The molecule has 174 valence electrons. The zero-order chi connectivity index (χ0) is 24.0. The fraction of sp³-hybridized carbons (Fsp3) is 0.296. The Hall–Kier alpha value is -3.02. The van der Waals surface area contributed by atoms with Crippen LogP contribution < -0.4 is 10.1 Å². The molecule has 3 aromatic carbocycles. The lowest BCUT2D eigenvalue weighted by atomic mass is 9.90. The third-order valence-corrected chi connectivity index (χ3v) is 5.88. The van der Waals surface area contributed by atoms with Gasteiger partial charge in [-0.15, -0.1) is 0 Å². The summed E-state index contributed by atoms with van der Waals surface area (Å²) in [6.07, 6.45) is 0. The molecule has 0 amide bonds. The number of benzene rings is 3. The fourth-order valence-electron chi connectivity index (χ4n) is 3.94. The lowest BCUT2D eigenvalue weighted by Crippen LogP contribution is -2.63. The lowest BCUT2D eigenvalue weighted by Gasteiger charge is -2.49. The second-order valence-electron chi connectivity index (χ2n) is 8.74. The van der Waals surface area contributed by atoms with Gasteiger partial charge < -0.3 is 15.2 Å². The number of hydrogen-bond acceptors (Lipinski definition) is 5. The van der Waals surface area contributed by atoms with E-state index in [-0.39, 0.29) is 17.1 Å². The number of anilines is 1. The van der Waals surface area contributed by atoms with Crippen molar-refractivity contribution in [1.29, 1.82) is 0 Å². The number of aromatic hydroxyl groups is 1. The van der Waals surface area contributed by atoms with Gasteiger partial charge in [-0.3, -0.25) is 9.69 Å². The number of phenols is 1. The van der Waals surface area contributed by atoms with E-state index in [1.54, 1.807) is 26.2 Å². The minimum absolute atomic E-state index is 0.0644. The Morgan fingerprint density at radius 2 is 1.79 bits per heavy atom. The molecule has 1 aliphatic heterocycles. The number of likely N-dealkylation sites (tertiary alicyclic amines) is 1. The molecule has 4 rings (SSSR count). The molecule has 0 saturated carbocycles. The second-order valence-corrected chi connectivity index (χ2v) is 9.14. The molecule has 0 aromatic heterocycles. The summed E-state index contributed by atoms with van der Waals surface area (Å²) in [5.74, 6) is 1.10. The second kappa shape index (κ2) is 10.7. The zero-order valence-corrected chi connectivity index (χ0v) is 20.3. The first-order chi connectivity index (χ1) is 15.7. The average Bonchev–Trinajstić information content (AvgIpc) is 2.76. The molecular formula is C27H31ClN2O3. The van der Waals surface area contributed by atoms with Crippen molar-refractivity contribution in [2.75, 3.05) is 25.5 Å². The topological polar surface area (TPSA) is 61.8 Å². The maximum absolute atomic E-state index is 11.7. The highest BCUT2D eigenvalue weighted by Crippen LogP contribution is 2.30. The van der Waals surface area contributed by atoms with Gasteiger partial charge in [0.15, 0.2) is 5.78 Å². The Kier molecular flexibility index (Phi) is 8.01. The fourth-order valence-corrected chi connectivity index (χ4v) is 4.06. The van der Waals surface area contributed by atoms with Crippen LogP contribution in [-0.2, 0) is 6.54 Å². The number of carbonyl (C=O) groups is 1. The molecule has 1 heterocycles. The van der Waals surface area contributed by atoms with Gasteiger partial charge in [0.1, 0.15) is 11.5 Å². The third kappa shape index (κ3) is 6.73. The van der Waals surface area contributed by atoms with Crippen molar-refractivity contribution in [3.63, 3.8) is 0 Å². The first kappa shape index (κ1) is 24.6. The molecule has 1 fully saturated rings. The molecule has 6 heteroatoms. The minimum Gasteiger partial charge on any atom is -0.506 e. The number of rotatable bonds is 6. The van der Waals surface area contributed by atoms with Crippen LogP contribution in [0.15, 0.2) is 66.7 Å². The summed E-state index contributed by atoms with van der Waals surface area (Å²) < 4.78 is 4.97. The van der Waals surface area contributed by atoms with Crippen LogP contribution in [0.25, 0.3) is 0 Å². The number of nitrogens with one attached hydrogen (secondary N) is 1. The number of aryl methyl sites for hydroxylation is 1. The normalized spacial score (nSPS) is 14.5. The highest BCUT2D eigenvalue weighted by molar-refractivity contribution is 6.32. The van der Waals surface area contributed by atoms with Crippen molar-refractivity contribution in [2.45, 2.75) is 32.9 Å². The summed E-state index contributed by atoms with van der Waals surface area (Å²) in [6.45, 7) is 8.28. The minimum atomic E-state index is -0.0694. The molecule has 1 aliphatic rings. The molecule has 0 atom stereocenters. The third-order valence-electron chi connectivity index (χ3n) is 5.56. The van der Waals surface area contributed by atoms with E-state index in [2.05, 4.69) is 24.1 Å². The number of halogens is 1. The summed E-state index contributed by atoms with van der Waals surface area (Å²) in [7, 11) is 1.67. The van der Waals surface area contributed by atoms with Crippen LogP contribution in [0.4, 0.5) is 5.69 Å². The van der Waals surface area contributed by atoms with E-state index in [1.807, 2.05) is 54.6 Å². The molecule has 0 bridgehead atoms. The van der Waals surface area contributed by atoms with Crippen LogP contribution in [0, 0.1) is 6.92 Å². The number of para-hydroxylation sites is 1. The van der Waals surface area contributed by atoms with Crippen molar-refractivity contribution in [1.82, 2.24) is 4.90 Å². The molecular weight excluding hydrogens is 436 g/mol. The molecule has 1 saturated heterocycles. The quantitative estimate of drug-likeness (QED) is 0.440. The van der Waals surface area contributed by atoms with Crippen LogP contribution in [0.3, 0.4) is 0 Å². The average molecular weight is 467 g/mol. The predicted octanol–water partition coefficient (Wildman–Crippen LogP) is 5.94. The predicted molar refractivity (Wildman–Crippen MR) is 135 cm³/mol. The van der Waals surface area contributed by atoms with Crippen molar-refractivity contribution < 1.29 is 14.6 Å². The molecule has 0 unspecified atom stereocenters. The molecule has 5 nitrogen and oxygen atoms in total. The largest absolute Gasteiger partial charge is 0.506 e. The van der Waals surface area contributed by atoms with E-state index in [4.69, 9.17) is 16.3 Å². The first-order valence-electron chi connectivity index (χ1n) is 10.9. The standard InChI is InChI=1S/C19H21ClN2O2.C8H10O/c1-13(23)15-5-3-4-6-17(15)21-19(2)11-22(12-19)10-14-7-8-16(20)18(24)9-14;1-7-3-5-8(9-2)6-4-7/h3-9,21,24H,10-12H2,1-2H3;3-6H,1-2H3. The SMILES string of the molecule is CC(=O)c1ccccc1NC1(C)CN(Cc2ccc(Cl)c(O)c2)C1.COc1ccc(C)cc1. The van der Waals surface area contributed by atoms with Crippen LogP contribution in [-0.4, -0.2) is 41.5 Å². The molecule has 33 heavy (non-hydrogen) atoms. The number of ether oxygens (including phenoxy) is 1. The summed E-state index contributed by atoms with van der Waals surface area (Å²) >= 11 is 5.84. The Labute approximate surface area is 201 Å². The Morgan fingerprint density at radius 1 is 1.12 bits per heavy atom. The number of hydrogen-bond donors (Lipinski definition) is 2. The van der Waals surface area contributed by atoms with Crippen LogP contribution in [0.2, 0.25) is 5.02 Å². The first-order valence-corrected chi connectivity index (χ1v) is 11.3. The summed E-state index contributed by atoms with van der Waals surface area (Å²) in [5, 5.41) is 13.6. The van der Waals surface area contributed by atoms with Gasteiger partial charge >= 0.3 is 0 Å². The number of carbonyl (C=O) groups excluding carboxylic acids is 1. The summed E-state index contributed by atoms with van der Waals surface area (Å²) in [6, 6.07) is 20.9. The highest BCUT2D eigenvalue weighted by atomic mass is 35.5. The Morgan fingerprint density at radius 3 is 2.39 bits per heavy atom. The van der Waals surface area contributed by atoms with Gasteiger partial charge in [0.2, 0.25) is 0 Å². The maximum atomic E-state index is 11.7. The lowest BCUT2D eigenvalue weighted by molar-refractivity contribution is 0.0903. The van der Waals surface area contributed by atoms with Crippen LogP contribution in [0.5, 0.6) is 11.5 Å². The molecule has 3 aromatic rings. The van der Waals surface area contributed by atoms with E-state index < -0.39 is 0 Å². The highest BCUT2D eigenvalue weighted by Gasteiger charge is 2.38. The van der Waals surface area contributed by atoms with E-state index in [1.165, 1.54) is 5.56 Å². The van der Waals surface area contributed by atoms with Crippen molar-refractivity contribution >= 4 is 23.1 Å². The van der Waals surface area contributed by atoms with E-state index in [0.717, 1.165) is 42.2 Å². The Balaban J connectivity index is 0.000000286. The van der Waals surface area contributed by atoms with E-state index in [9.17, 15) is 9.90 Å². The van der Waals surface area contributed by atoms with E-state index in [0.29, 0.717) is 5.02 Å². The number of Topliss-reactive ketones (excluding diaryl/α,β-unsaturated/α-hetero) is 1. The van der Waals surface area contributed by atoms with Crippen molar-refractivity contribution in [2.24, 2.45) is 0 Å². The number of nitrogens with zero attached hydrogens (tertiary/aromatic N) is 1. The van der Waals surface area contributed by atoms with E-state index >= 15 is 0 Å². The number of ketones is 1. The molecule has 2 N–H and O–H groups in total. The van der Waals surface area contributed by atoms with Gasteiger partial charge in [0.05, 0.1) is 17.7 Å². The van der Waals surface area contributed by atoms with Crippen LogP contribution in [0.1, 0.15) is 35.3 Å². The van der Waals surface area contributed by atoms with Gasteiger partial charge in [-0.05, 0) is 62.7 Å². The Bertz CT molecular complexity index is 1090. The van der Waals surface area contributed by atoms with Crippen molar-refractivity contribution in [3.05, 3.63) is 88.4 Å². The van der Waals surface area contributed by atoms with Crippen molar-refractivity contribution in [3.8, 4) is 11.5 Å². The molecule has 0 spiro atoms. The van der Waals surface area contributed by atoms with Gasteiger partial charge in [-0.1, -0.05) is 47.5 Å². The number of methoxy groups -OCH3 is 1. The van der Waals surface area contributed by atoms with Crippen LogP contribution >= 0.6 is 11.6 Å². The molecule has 0 aliphatic carbocycles. The number of phenolic OH excluding ortho intramolecular Hbond substituents is 1. The molecule has 0 radical (unpaired) electrons.